The van der Waals surface area contributed by atoms with E-state index in [1.54, 1.807) is 33.0 Å². The van der Waals surface area contributed by atoms with Gasteiger partial charge in [-0.1, -0.05) is 13.8 Å². The minimum absolute atomic E-state index is 0. The van der Waals surface area contributed by atoms with Crippen LogP contribution in [0.4, 0.5) is 11.4 Å². The Labute approximate surface area is 150 Å². The molecule has 0 radical (unpaired) electrons. The smallest absolute Gasteiger partial charge is 0.243 e. The van der Waals surface area contributed by atoms with Gasteiger partial charge in [0.05, 0.1) is 22.8 Å². The van der Waals surface area contributed by atoms with Gasteiger partial charge in [0.1, 0.15) is 0 Å². The lowest BCUT2D eigenvalue weighted by Gasteiger charge is -2.20. The zero-order chi connectivity index (χ0) is 17.5. The summed E-state index contributed by atoms with van der Waals surface area (Å²) in [7, 11) is -1.89. The van der Waals surface area contributed by atoms with Gasteiger partial charge in [-0.25, -0.2) is 8.42 Å². The third kappa shape index (κ3) is 5.62. The Morgan fingerprint density at radius 1 is 1.12 bits per heavy atom. The molecule has 0 aliphatic heterocycles. The highest BCUT2D eigenvalue weighted by Crippen LogP contribution is 2.27. The molecule has 0 heterocycles. The van der Waals surface area contributed by atoms with Gasteiger partial charge in [-0.2, -0.15) is 4.31 Å². The molecule has 0 bridgehead atoms. The molecule has 0 fully saturated rings. The number of anilines is 2. The molecule has 0 aliphatic carbocycles. The second-order valence-electron chi connectivity index (χ2n) is 4.91. The second kappa shape index (κ2) is 10.5. The average Bonchev–Trinajstić information content (AvgIpc) is 2.50. The highest BCUT2D eigenvalue weighted by molar-refractivity contribution is 7.89. The van der Waals surface area contributed by atoms with Gasteiger partial charge >= 0.3 is 0 Å². The molecule has 1 aromatic rings. The van der Waals surface area contributed by atoms with Crippen molar-refractivity contribution in [2.24, 2.45) is 0 Å². The lowest BCUT2D eigenvalue weighted by atomic mass is 10.2. The van der Waals surface area contributed by atoms with Crippen LogP contribution in [0.3, 0.4) is 0 Å². The van der Waals surface area contributed by atoms with Crippen molar-refractivity contribution in [3.63, 3.8) is 0 Å². The maximum Gasteiger partial charge on any atom is 0.243 e. The Morgan fingerprint density at radius 2 is 1.75 bits per heavy atom. The number of carbonyl (C=O) groups excluding carboxylic acids is 1. The highest BCUT2D eigenvalue weighted by Gasteiger charge is 2.22. The van der Waals surface area contributed by atoms with Gasteiger partial charge < -0.3 is 16.0 Å². The van der Waals surface area contributed by atoms with Crippen molar-refractivity contribution in [2.75, 3.05) is 43.9 Å². The van der Waals surface area contributed by atoms with Crippen molar-refractivity contribution in [3.05, 3.63) is 18.2 Å². The van der Waals surface area contributed by atoms with E-state index in [0.29, 0.717) is 31.0 Å². The fourth-order valence-corrected chi connectivity index (χ4v) is 3.68. The summed E-state index contributed by atoms with van der Waals surface area (Å²) < 4.78 is 26.6. The van der Waals surface area contributed by atoms with Gasteiger partial charge in [0.25, 0.3) is 0 Å². The zero-order valence-electron chi connectivity index (χ0n) is 14.5. The van der Waals surface area contributed by atoms with Gasteiger partial charge in [-0.3, -0.25) is 4.79 Å². The Hall–Kier alpha value is -1.35. The Kier molecular flexibility index (Phi) is 9.91. The molecular weight excluding hydrogens is 352 g/mol. The maximum absolute atomic E-state index is 12.6. The highest BCUT2D eigenvalue weighted by atomic mass is 35.5. The van der Waals surface area contributed by atoms with Crippen molar-refractivity contribution in [2.45, 2.75) is 25.7 Å². The summed E-state index contributed by atoms with van der Waals surface area (Å²) in [5.41, 5.74) is 1.15. The zero-order valence-corrected chi connectivity index (χ0v) is 16.2. The molecule has 0 saturated heterocycles. The number of carbonyl (C=O) groups is 1. The van der Waals surface area contributed by atoms with E-state index >= 15 is 0 Å². The van der Waals surface area contributed by atoms with E-state index in [1.165, 1.54) is 10.4 Å². The third-order valence-electron chi connectivity index (χ3n) is 3.31. The fraction of sp³-hybridized carbons (Fsp3) is 0.533. The molecule has 0 unspecified atom stereocenters. The van der Waals surface area contributed by atoms with Crippen molar-refractivity contribution in [1.82, 2.24) is 9.62 Å². The third-order valence-corrected chi connectivity index (χ3v) is 5.36. The molecule has 1 amide bonds. The number of nitrogens with one attached hydrogen (secondary N) is 3. The van der Waals surface area contributed by atoms with Crippen molar-refractivity contribution in [1.29, 1.82) is 0 Å². The molecule has 0 atom stereocenters. The van der Waals surface area contributed by atoms with Crippen LogP contribution in [0.5, 0.6) is 0 Å². The van der Waals surface area contributed by atoms with Crippen LogP contribution in [0.15, 0.2) is 23.1 Å². The molecule has 0 spiro atoms. The summed E-state index contributed by atoms with van der Waals surface area (Å²) in [6.07, 6.45) is 0. The summed E-state index contributed by atoms with van der Waals surface area (Å²) in [6, 6.07) is 4.73. The second-order valence-corrected chi connectivity index (χ2v) is 6.84. The van der Waals surface area contributed by atoms with Gasteiger partial charge in [-0.05, 0) is 32.2 Å². The van der Waals surface area contributed by atoms with E-state index in [9.17, 15) is 13.2 Å². The van der Waals surface area contributed by atoms with Crippen molar-refractivity contribution in [3.8, 4) is 0 Å². The van der Waals surface area contributed by atoms with E-state index in [2.05, 4.69) is 16.0 Å². The topological polar surface area (TPSA) is 90.5 Å². The van der Waals surface area contributed by atoms with Gasteiger partial charge in [0.2, 0.25) is 15.9 Å². The van der Waals surface area contributed by atoms with Crippen LogP contribution in [-0.2, 0) is 14.8 Å². The maximum atomic E-state index is 12.6. The average molecular weight is 379 g/mol. The summed E-state index contributed by atoms with van der Waals surface area (Å²) in [6.45, 7) is 7.13. The first-order chi connectivity index (χ1) is 10.9. The largest absolute Gasteiger partial charge is 0.384 e. The lowest BCUT2D eigenvalue weighted by Crippen LogP contribution is -2.31. The molecule has 24 heavy (non-hydrogen) atoms. The summed E-state index contributed by atoms with van der Waals surface area (Å²) >= 11 is 0. The standard InChI is InChI=1S/C15H26N4O3S.ClH/c1-5-17-13-9-8-12(23(21,22)19(6-2)7-3)10-14(13)18-15(20)11-16-4;/h8-10,16-17H,5-7,11H2,1-4H3,(H,18,20);1H. The summed E-state index contributed by atoms with van der Waals surface area (Å²) in [4.78, 5) is 12.0. The molecule has 3 N–H and O–H groups in total. The number of halogens is 1. The van der Waals surface area contributed by atoms with Crippen molar-refractivity contribution >= 4 is 39.7 Å². The van der Waals surface area contributed by atoms with E-state index in [4.69, 9.17) is 0 Å². The van der Waals surface area contributed by atoms with Crippen LogP contribution in [0.1, 0.15) is 20.8 Å². The van der Waals surface area contributed by atoms with Crippen LogP contribution in [0.25, 0.3) is 0 Å². The number of hydrogen-bond acceptors (Lipinski definition) is 5. The fourth-order valence-electron chi connectivity index (χ4n) is 2.20. The number of rotatable bonds is 9. The van der Waals surface area contributed by atoms with Gasteiger partial charge in [-0.15, -0.1) is 12.4 Å². The van der Waals surface area contributed by atoms with E-state index in [1.807, 2.05) is 6.92 Å². The number of benzene rings is 1. The first-order valence-corrected chi connectivity index (χ1v) is 9.17. The first-order valence-electron chi connectivity index (χ1n) is 7.73. The van der Waals surface area contributed by atoms with Crippen LogP contribution in [0, 0.1) is 0 Å². The number of likely N-dealkylation sites (N-methyl/N-ethyl adjacent to an activating group) is 1. The van der Waals surface area contributed by atoms with Crippen LogP contribution < -0.4 is 16.0 Å². The minimum atomic E-state index is -3.56. The summed E-state index contributed by atoms with van der Waals surface area (Å²) in [5, 5.41) is 8.61. The molecule has 1 aromatic carbocycles. The molecular formula is C15H27ClN4O3S. The normalized spacial score (nSPS) is 11.0. The van der Waals surface area contributed by atoms with Crippen molar-refractivity contribution < 1.29 is 13.2 Å². The molecule has 0 aromatic heterocycles. The molecule has 1 rings (SSSR count). The predicted molar refractivity (Wildman–Crippen MR) is 101 cm³/mol. The number of nitrogens with zero attached hydrogens (tertiary/aromatic N) is 1. The Balaban J connectivity index is 0.00000529. The van der Waals surface area contributed by atoms with Crippen LogP contribution in [0.2, 0.25) is 0 Å². The molecule has 0 aliphatic rings. The first kappa shape index (κ1) is 22.6. The number of hydrogen-bond donors (Lipinski definition) is 3. The minimum Gasteiger partial charge on any atom is -0.384 e. The van der Waals surface area contributed by atoms with Gasteiger partial charge in [0, 0.05) is 19.6 Å². The Morgan fingerprint density at radius 3 is 2.25 bits per heavy atom. The SMILES string of the molecule is CCNc1ccc(S(=O)(=O)N(CC)CC)cc1NC(=O)CNC.Cl. The monoisotopic (exact) mass is 378 g/mol. The van der Waals surface area contributed by atoms with Crippen LogP contribution in [-0.4, -0.2) is 51.9 Å². The Bertz CT molecular complexity index is 634. The molecule has 7 nitrogen and oxygen atoms in total. The quantitative estimate of drug-likeness (QED) is 0.608. The van der Waals surface area contributed by atoms with E-state index < -0.39 is 10.0 Å². The van der Waals surface area contributed by atoms with E-state index in [0.717, 1.165) is 0 Å². The number of sulfonamides is 1. The molecule has 138 valence electrons. The number of amides is 1. The summed E-state index contributed by atoms with van der Waals surface area (Å²) in [5.74, 6) is -0.232. The molecule has 0 saturated carbocycles. The lowest BCUT2D eigenvalue weighted by molar-refractivity contribution is -0.115. The van der Waals surface area contributed by atoms with Gasteiger partial charge in [0.15, 0.2) is 0 Å². The van der Waals surface area contributed by atoms with E-state index in [-0.39, 0.29) is 29.8 Å². The molecule has 9 heteroatoms. The van der Waals surface area contributed by atoms with Crippen LogP contribution >= 0.6 is 12.4 Å². The predicted octanol–water partition coefficient (Wildman–Crippen LogP) is 1.73.